The SMILES string of the molecule is CCc1ccc(C(=O)N2CCCC(Cn3cc(CCO)nn3)C2)s1. The summed E-state index contributed by atoms with van der Waals surface area (Å²) < 4.78 is 1.84. The zero-order chi connectivity index (χ0) is 16.9. The van der Waals surface area contributed by atoms with E-state index in [0.717, 1.165) is 49.5 Å². The number of rotatable bonds is 6. The van der Waals surface area contributed by atoms with Gasteiger partial charge < -0.3 is 10.0 Å². The van der Waals surface area contributed by atoms with Gasteiger partial charge in [0.15, 0.2) is 0 Å². The van der Waals surface area contributed by atoms with Crippen LogP contribution >= 0.6 is 11.3 Å². The van der Waals surface area contributed by atoms with Gasteiger partial charge in [0.2, 0.25) is 0 Å². The lowest BCUT2D eigenvalue weighted by Gasteiger charge is -2.32. The Hall–Kier alpha value is -1.73. The van der Waals surface area contributed by atoms with Gasteiger partial charge in [-0.2, -0.15) is 0 Å². The van der Waals surface area contributed by atoms with Crippen molar-refractivity contribution in [3.63, 3.8) is 0 Å². The molecule has 1 aliphatic rings. The molecule has 1 amide bonds. The van der Waals surface area contributed by atoms with Gasteiger partial charge in [0, 0.05) is 43.7 Å². The number of hydrogen-bond donors (Lipinski definition) is 1. The van der Waals surface area contributed by atoms with Crippen molar-refractivity contribution in [1.29, 1.82) is 0 Å². The van der Waals surface area contributed by atoms with Gasteiger partial charge in [-0.1, -0.05) is 12.1 Å². The summed E-state index contributed by atoms with van der Waals surface area (Å²) in [7, 11) is 0. The van der Waals surface area contributed by atoms with E-state index in [2.05, 4.69) is 23.3 Å². The largest absolute Gasteiger partial charge is 0.396 e. The molecule has 0 spiro atoms. The van der Waals surface area contributed by atoms with Crippen LogP contribution in [0.4, 0.5) is 0 Å². The van der Waals surface area contributed by atoms with E-state index in [-0.39, 0.29) is 12.5 Å². The van der Waals surface area contributed by atoms with E-state index in [1.165, 1.54) is 4.88 Å². The molecular formula is C17H24N4O2S. The summed E-state index contributed by atoms with van der Waals surface area (Å²) in [5.41, 5.74) is 0.812. The summed E-state index contributed by atoms with van der Waals surface area (Å²) in [5.74, 6) is 0.556. The summed E-state index contributed by atoms with van der Waals surface area (Å²) in [6, 6.07) is 4.01. The molecule has 1 atom stereocenters. The molecule has 1 saturated heterocycles. The van der Waals surface area contributed by atoms with Crippen molar-refractivity contribution in [2.24, 2.45) is 5.92 Å². The normalized spacial score (nSPS) is 18.1. The third-order valence-corrected chi connectivity index (χ3v) is 5.64. The maximum absolute atomic E-state index is 12.7. The maximum Gasteiger partial charge on any atom is 0.263 e. The number of hydrogen-bond acceptors (Lipinski definition) is 5. The number of likely N-dealkylation sites (tertiary alicyclic amines) is 1. The zero-order valence-electron chi connectivity index (χ0n) is 14.0. The molecule has 130 valence electrons. The molecule has 1 unspecified atom stereocenters. The van der Waals surface area contributed by atoms with Gasteiger partial charge in [-0.15, -0.1) is 16.4 Å². The Labute approximate surface area is 146 Å². The van der Waals surface area contributed by atoms with Gasteiger partial charge in [-0.25, -0.2) is 0 Å². The Morgan fingerprint density at radius 3 is 3.08 bits per heavy atom. The standard InChI is InChI=1S/C17H24N4O2S/c1-2-15-5-6-16(24-15)17(23)20-8-3-4-13(10-20)11-21-12-14(7-9-22)18-19-21/h5-6,12-13,22H,2-4,7-11H2,1H3. The van der Waals surface area contributed by atoms with Crippen LogP contribution in [-0.2, 0) is 19.4 Å². The van der Waals surface area contributed by atoms with Crippen LogP contribution < -0.4 is 0 Å². The quantitative estimate of drug-likeness (QED) is 0.867. The molecule has 2 aromatic rings. The van der Waals surface area contributed by atoms with Gasteiger partial charge >= 0.3 is 0 Å². The summed E-state index contributed by atoms with van der Waals surface area (Å²) in [4.78, 5) is 16.8. The first kappa shape index (κ1) is 17.1. The van der Waals surface area contributed by atoms with Crippen molar-refractivity contribution < 1.29 is 9.90 Å². The molecule has 0 radical (unpaired) electrons. The Kier molecular flexibility index (Phi) is 5.63. The Bertz CT molecular complexity index is 682. The minimum atomic E-state index is 0.0883. The average molecular weight is 348 g/mol. The molecule has 0 aromatic carbocycles. The number of aliphatic hydroxyl groups is 1. The lowest BCUT2D eigenvalue weighted by Crippen LogP contribution is -2.40. The smallest absolute Gasteiger partial charge is 0.263 e. The predicted octanol–water partition coefficient (Wildman–Crippen LogP) is 1.99. The molecule has 3 heterocycles. The molecule has 0 saturated carbocycles. The molecule has 3 rings (SSSR count). The molecule has 0 bridgehead atoms. The van der Waals surface area contributed by atoms with Crippen molar-refractivity contribution in [1.82, 2.24) is 19.9 Å². The number of aryl methyl sites for hydroxylation is 1. The van der Waals surface area contributed by atoms with Crippen molar-refractivity contribution in [2.75, 3.05) is 19.7 Å². The number of aromatic nitrogens is 3. The molecule has 24 heavy (non-hydrogen) atoms. The van der Waals surface area contributed by atoms with Crippen LogP contribution in [0.3, 0.4) is 0 Å². The van der Waals surface area contributed by atoms with E-state index in [1.54, 1.807) is 11.3 Å². The molecule has 0 aliphatic carbocycles. The zero-order valence-corrected chi connectivity index (χ0v) is 14.8. The fourth-order valence-corrected chi connectivity index (χ4v) is 4.07. The van der Waals surface area contributed by atoms with Crippen LogP contribution in [-0.4, -0.2) is 50.6 Å². The van der Waals surface area contributed by atoms with Gasteiger partial charge in [0.1, 0.15) is 0 Å². The van der Waals surface area contributed by atoms with Crippen molar-refractivity contribution in [3.8, 4) is 0 Å². The maximum atomic E-state index is 12.7. The Balaban J connectivity index is 1.59. The summed E-state index contributed by atoms with van der Waals surface area (Å²) >= 11 is 1.61. The number of piperidine rings is 1. The Morgan fingerprint density at radius 2 is 2.33 bits per heavy atom. The van der Waals surface area contributed by atoms with Gasteiger partial charge in [0.05, 0.1) is 10.6 Å². The molecule has 6 nitrogen and oxygen atoms in total. The molecule has 7 heteroatoms. The average Bonchev–Trinajstić information content (AvgIpc) is 3.24. The fourth-order valence-electron chi connectivity index (χ4n) is 3.16. The number of nitrogens with zero attached hydrogens (tertiary/aromatic N) is 4. The first-order chi connectivity index (χ1) is 11.7. The first-order valence-electron chi connectivity index (χ1n) is 8.57. The van der Waals surface area contributed by atoms with Crippen molar-refractivity contribution in [3.05, 3.63) is 33.8 Å². The van der Waals surface area contributed by atoms with Crippen molar-refractivity contribution in [2.45, 2.75) is 39.2 Å². The summed E-state index contributed by atoms with van der Waals surface area (Å²) in [6.07, 6.45) is 5.53. The highest BCUT2D eigenvalue weighted by molar-refractivity contribution is 7.14. The second-order valence-electron chi connectivity index (χ2n) is 6.28. The van der Waals surface area contributed by atoms with E-state index in [9.17, 15) is 4.79 Å². The van der Waals surface area contributed by atoms with Gasteiger partial charge in [-0.05, 0) is 37.3 Å². The van der Waals surface area contributed by atoms with Crippen LogP contribution in [0, 0.1) is 5.92 Å². The molecule has 2 aromatic heterocycles. The number of carbonyl (C=O) groups excluding carboxylic acids is 1. The lowest BCUT2D eigenvalue weighted by molar-refractivity contribution is 0.0664. The highest BCUT2D eigenvalue weighted by atomic mass is 32.1. The minimum absolute atomic E-state index is 0.0883. The predicted molar refractivity (Wildman–Crippen MR) is 93.1 cm³/mol. The highest BCUT2D eigenvalue weighted by Crippen LogP contribution is 2.23. The monoisotopic (exact) mass is 348 g/mol. The highest BCUT2D eigenvalue weighted by Gasteiger charge is 2.25. The fraction of sp³-hybridized carbons (Fsp3) is 0.588. The molecule has 1 N–H and O–H groups in total. The van der Waals surface area contributed by atoms with Crippen LogP contribution in [0.25, 0.3) is 0 Å². The van der Waals surface area contributed by atoms with Crippen LogP contribution in [0.15, 0.2) is 18.3 Å². The number of carbonyl (C=O) groups is 1. The molecule has 1 fully saturated rings. The van der Waals surface area contributed by atoms with Crippen molar-refractivity contribution >= 4 is 17.2 Å². The number of thiophene rings is 1. The summed E-state index contributed by atoms with van der Waals surface area (Å²) in [5, 5.41) is 17.1. The van der Waals surface area contributed by atoms with Crippen LogP contribution in [0.2, 0.25) is 0 Å². The second-order valence-corrected chi connectivity index (χ2v) is 7.45. The van der Waals surface area contributed by atoms with Gasteiger partial charge in [0.25, 0.3) is 5.91 Å². The van der Waals surface area contributed by atoms with E-state index >= 15 is 0 Å². The Morgan fingerprint density at radius 1 is 1.46 bits per heavy atom. The lowest BCUT2D eigenvalue weighted by atomic mass is 9.98. The topological polar surface area (TPSA) is 71.2 Å². The second kappa shape index (κ2) is 7.90. The minimum Gasteiger partial charge on any atom is -0.396 e. The first-order valence-corrected chi connectivity index (χ1v) is 9.39. The number of amides is 1. The van der Waals surface area contributed by atoms with E-state index in [1.807, 2.05) is 21.8 Å². The van der Waals surface area contributed by atoms with E-state index in [0.29, 0.717) is 12.3 Å². The molecular weight excluding hydrogens is 324 g/mol. The van der Waals surface area contributed by atoms with E-state index in [4.69, 9.17) is 5.11 Å². The molecule has 1 aliphatic heterocycles. The summed E-state index contributed by atoms with van der Waals surface area (Å²) in [6.45, 7) is 4.58. The van der Waals surface area contributed by atoms with Crippen LogP contribution in [0.5, 0.6) is 0 Å². The van der Waals surface area contributed by atoms with Gasteiger partial charge in [-0.3, -0.25) is 9.48 Å². The third-order valence-electron chi connectivity index (χ3n) is 4.43. The third kappa shape index (κ3) is 4.02. The van der Waals surface area contributed by atoms with E-state index < -0.39 is 0 Å². The van der Waals surface area contributed by atoms with Crippen LogP contribution in [0.1, 0.15) is 40.0 Å². The number of aliphatic hydroxyl groups excluding tert-OH is 1.